The van der Waals surface area contributed by atoms with Gasteiger partial charge in [-0.2, -0.15) is 13.2 Å². The van der Waals surface area contributed by atoms with Gasteiger partial charge in [0.25, 0.3) is 0 Å². The fraction of sp³-hybridized carbons (Fsp3) is 0.111. The Kier molecular flexibility index (Phi) is 3.08. The van der Waals surface area contributed by atoms with E-state index in [1.165, 1.54) is 18.2 Å². The van der Waals surface area contributed by atoms with Gasteiger partial charge in [-0.3, -0.25) is 10.1 Å². The molecule has 3 nitrogen and oxygen atoms in total. The molecule has 0 aliphatic rings. The molecular formula is C9H6F3NO2. The summed E-state index contributed by atoms with van der Waals surface area (Å²) >= 11 is 0. The summed E-state index contributed by atoms with van der Waals surface area (Å²) in [6, 6.07) is 4.66. The van der Waals surface area contributed by atoms with Crippen molar-refractivity contribution in [3.05, 3.63) is 51.7 Å². The molecular weight excluding hydrogens is 211 g/mol. The van der Waals surface area contributed by atoms with Crippen molar-refractivity contribution in [2.45, 2.75) is 6.18 Å². The maximum Gasteiger partial charge on any atom is 0.416 e. The zero-order valence-electron chi connectivity index (χ0n) is 7.36. The number of hydrogen-bond donors (Lipinski definition) is 0. The van der Waals surface area contributed by atoms with E-state index in [1.807, 2.05) is 0 Å². The summed E-state index contributed by atoms with van der Waals surface area (Å²) in [6.07, 6.45) is -3.20. The van der Waals surface area contributed by atoms with Crippen LogP contribution in [-0.4, -0.2) is 4.92 Å². The Morgan fingerprint density at radius 3 is 2.40 bits per heavy atom. The predicted octanol–water partition coefficient (Wildman–Crippen LogP) is 2.95. The molecule has 15 heavy (non-hydrogen) atoms. The van der Waals surface area contributed by atoms with Crippen LogP contribution in [0.25, 0.3) is 6.08 Å². The minimum Gasteiger partial charge on any atom is -0.259 e. The fourth-order valence-electron chi connectivity index (χ4n) is 1.04. The van der Waals surface area contributed by atoms with Crippen molar-refractivity contribution in [2.75, 3.05) is 0 Å². The second-order valence-electron chi connectivity index (χ2n) is 2.69. The summed E-state index contributed by atoms with van der Waals surface area (Å²) in [6.45, 7) is 0. The van der Waals surface area contributed by atoms with Gasteiger partial charge < -0.3 is 0 Å². The first-order valence-corrected chi connectivity index (χ1v) is 3.89. The summed E-state index contributed by atoms with van der Waals surface area (Å²) in [5, 5.41) is 9.97. The van der Waals surface area contributed by atoms with E-state index in [0.717, 1.165) is 12.1 Å². The highest BCUT2D eigenvalue weighted by Gasteiger charge is 2.32. The molecule has 1 aromatic carbocycles. The van der Waals surface area contributed by atoms with Crippen LogP contribution < -0.4 is 0 Å². The Balaban J connectivity index is 3.13. The zero-order chi connectivity index (χ0) is 11.5. The molecule has 0 unspecified atom stereocenters. The normalized spacial score (nSPS) is 11.9. The van der Waals surface area contributed by atoms with Crippen molar-refractivity contribution < 1.29 is 18.1 Å². The molecule has 0 atom stereocenters. The molecule has 0 aliphatic carbocycles. The van der Waals surface area contributed by atoms with E-state index in [2.05, 4.69) is 0 Å². The third-order valence-corrected chi connectivity index (χ3v) is 1.64. The second-order valence-corrected chi connectivity index (χ2v) is 2.69. The minimum atomic E-state index is -4.50. The lowest BCUT2D eigenvalue weighted by atomic mass is 10.1. The topological polar surface area (TPSA) is 43.1 Å². The van der Waals surface area contributed by atoms with E-state index >= 15 is 0 Å². The van der Waals surface area contributed by atoms with Gasteiger partial charge in [-0.1, -0.05) is 18.2 Å². The maximum atomic E-state index is 12.4. The lowest BCUT2D eigenvalue weighted by Gasteiger charge is -2.08. The molecule has 0 aromatic heterocycles. The van der Waals surface area contributed by atoms with Gasteiger partial charge in [-0.15, -0.1) is 0 Å². The molecule has 0 heterocycles. The van der Waals surface area contributed by atoms with Gasteiger partial charge >= 0.3 is 6.18 Å². The van der Waals surface area contributed by atoms with Crippen molar-refractivity contribution in [3.63, 3.8) is 0 Å². The maximum absolute atomic E-state index is 12.4. The minimum absolute atomic E-state index is 0.221. The van der Waals surface area contributed by atoms with Crippen LogP contribution in [0.15, 0.2) is 30.5 Å². The van der Waals surface area contributed by atoms with E-state index in [4.69, 9.17) is 0 Å². The molecule has 0 fully saturated rings. The van der Waals surface area contributed by atoms with Gasteiger partial charge in [0.1, 0.15) is 0 Å². The molecule has 1 aromatic rings. The molecule has 0 spiro atoms. The molecule has 0 saturated heterocycles. The van der Waals surface area contributed by atoms with Crippen LogP contribution in [-0.2, 0) is 6.18 Å². The molecule has 0 radical (unpaired) electrons. The van der Waals surface area contributed by atoms with Crippen LogP contribution in [0, 0.1) is 10.1 Å². The van der Waals surface area contributed by atoms with Crippen LogP contribution >= 0.6 is 0 Å². The number of benzene rings is 1. The first-order valence-electron chi connectivity index (χ1n) is 3.89. The van der Waals surface area contributed by atoms with Crippen LogP contribution in [0.2, 0.25) is 0 Å². The van der Waals surface area contributed by atoms with Crippen molar-refractivity contribution >= 4 is 6.08 Å². The molecule has 0 aliphatic heterocycles. The highest BCUT2D eigenvalue weighted by Crippen LogP contribution is 2.32. The summed E-state index contributed by atoms with van der Waals surface area (Å²) in [5.41, 5.74) is -1.11. The van der Waals surface area contributed by atoms with E-state index in [9.17, 15) is 23.3 Å². The summed E-state index contributed by atoms with van der Waals surface area (Å²) in [4.78, 5) is 9.16. The SMILES string of the molecule is O=[N+]([O-])/C=C\c1ccccc1C(F)(F)F. The summed E-state index contributed by atoms with van der Waals surface area (Å²) in [5.74, 6) is 0. The highest BCUT2D eigenvalue weighted by molar-refractivity contribution is 5.53. The van der Waals surface area contributed by atoms with E-state index in [1.54, 1.807) is 0 Å². The van der Waals surface area contributed by atoms with E-state index < -0.39 is 16.7 Å². The molecule has 6 heteroatoms. The number of hydrogen-bond acceptors (Lipinski definition) is 2. The number of nitro groups is 1. The van der Waals surface area contributed by atoms with Gasteiger partial charge in [0.05, 0.1) is 10.5 Å². The van der Waals surface area contributed by atoms with Crippen molar-refractivity contribution in [3.8, 4) is 0 Å². The van der Waals surface area contributed by atoms with Crippen LogP contribution in [0.4, 0.5) is 13.2 Å². The molecule has 1 rings (SSSR count). The van der Waals surface area contributed by atoms with Gasteiger partial charge in [0, 0.05) is 6.08 Å². The first-order chi connectivity index (χ1) is 6.91. The Bertz CT molecular complexity index is 399. The molecule has 0 bridgehead atoms. The molecule has 0 saturated carbocycles. The first kappa shape index (κ1) is 11.2. The van der Waals surface area contributed by atoms with Gasteiger partial charge in [0.2, 0.25) is 6.20 Å². The van der Waals surface area contributed by atoms with Gasteiger partial charge in [-0.25, -0.2) is 0 Å². The monoisotopic (exact) mass is 217 g/mol. The second kappa shape index (κ2) is 4.12. The van der Waals surface area contributed by atoms with E-state index in [-0.39, 0.29) is 5.56 Å². The number of rotatable bonds is 2. The zero-order valence-corrected chi connectivity index (χ0v) is 7.36. The largest absolute Gasteiger partial charge is 0.416 e. The van der Waals surface area contributed by atoms with Gasteiger partial charge in [-0.05, 0) is 11.6 Å². The Labute approximate surface area is 83.0 Å². The summed E-state index contributed by atoms with van der Waals surface area (Å²) in [7, 11) is 0. The standard InChI is InChI=1S/C9H6F3NO2/c10-9(11,12)8-4-2-1-3-7(8)5-6-13(14)15/h1-6H/b6-5-. The Morgan fingerprint density at radius 2 is 1.87 bits per heavy atom. The van der Waals surface area contributed by atoms with Crippen molar-refractivity contribution in [1.29, 1.82) is 0 Å². The fourth-order valence-corrected chi connectivity index (χ4v) is 1.04. The predicted molar refractivity (Wildman–Crippen MR) is 47.5 cm³/mol. The van der Waals surface area contributed by atoms with Crippen LogP contribution in [0.3, 0.4) is 0 Å². The molecule has 0 N–H and O–H groups in total. The quantitative estimate of drug-likeness (QED) is 0.564. The van der Waals surface area contributed by atoms with Gasteiger partial charge in [0.15, 0.2) is 0 Å². The molecule has 0 amide bonds. The van der Waals surface area contributed by atoms with E-state index in [0.29, 0.717) is 6.20 Å². The number of nitrogens with zero attached hydrogens (tertiary/aromatic N) is 1. The number of alkyl halides is 3. The van der Waals surface area contributed by atoms with Crippen LogP contribution in [0.5, 0.6) is 0 Å². The van der Waals surface area contributed by atoms with Crippen molar-refractivity contribution in [2.24, 2.45) is 0 Å². The lowest BCUT2D eigenvalue weighted by Crippen LogP contribution is -2.06. The van der Waals surface area contributed by atoms with Crippen LogP contribution in [0.1, 0.15) is 11.1 Å². The lowest BCUT2D eigenvalue weighted by molar-refractivity contribution is -0.400. The Morgan fingerprint density at radius 1 is 1.27 bits per heavy atom. The molecule has 80 valence electrons. The number of halogens is 3. The third kappa shape index (κ3) is 3.08. The Hall–Kier alpha value is -1.85. The van der Waals surface area contributed by atoms with Crippen molar-refractivity contribution in [1.82, 2.24) is 0 Å². The smallest absolute Gasteiger partial charge is 0.259 e. The highest BCUT2D eigenvalue weighted by atomic mass is 19.4. The average Bonchev–Trinajstić information content (AvgIpc) is 2.13. The summed E-state index contributed by atoms with van der Waals surface area (Å²) < 4.78 is 37.1. The average molecular weight is 217 g/mol. The third-order valence-electron chi connectivity index (χ3n) is 1.64.